The Hall–Kier alpha value is -0.700. The number of halogens is 2. The summed E-state index contributed by atoms with van der Waals surface area (Å²) in [6, 6.07) is 1.77. The molecule has 0 aliphatic rings. The van der Waals surface area contributed by atoms with Crippen molar-refractivity contribution in [1.29, 1.82) is 0 Å². The number of carbonyl (C=O) groups excluding carboxylic acids is 1. The molecule has 0 saturated carbocycles. The molecule has 0 fully saturated rings. The molecule has 0 aliphatic carbocycles. The van der Waals surface area contributed by atoms with E-state index < -0.39 is 0 Å². The Morgan fingerprint density at radius 1 is 1.53 bits per heavy atom. The zero-order chi connectivity index (χ0) is 11.6. The second-order valence-corrected chi connectivity index (χ2v) is 4.69. The maximum Gasteiger partial charge on any atom is 0.141 e. The van der Waals surface area contributed by atoms with Crippen LogP contribution in [0.1, 0.15) is 36.0 Å². The smallest absolute Gasteiger partial charge is 0.141 e. The molecular formula is C12H14BrFO. The van der Waals surface area contributed by atoms with E-state index in [2.05, 4.69) is 15.9 Å². The van der Waals surface area contributed by atoms with Crippen LogP contribution in [0.15, 0.2) is 10.5 Å². The molecule has 0 spiro atoms. The first-order chi connectivity index (χ1) is 6.99. The molecule has 0 aromatic heterocycles. The summed E-state index contributed by atoms with van der Waals surface area (Å²) in [5.41, 5.74) is 2.62. The van der Waals surface area contributed by atoms with Crippen molar-refractivity contribution in [3.05, 3.63) is 33.0 Å². The van der Waals surface area contributed by atoms with Gasteiger partial charge < -0.3 is 4.79 Å². The van der Waals surface area contributed by atoms with Crippen LogP contribution in [-0.4, -0.2) is 6.29 Å². The van der Waals surface area contributed by atoms with E-state index in [1.807, 2.05) is 20.8 Å². The monoisotopic (exact) mass is 272 g/mol. The predicted molar refractivity (Wildman–Crippen MR) is 62.7 cm³/mol. The van der Waals surface area contributed by atoms with Gasteiger partial charge in [-0.1, -0.05) is 6.92 Å². The number of carbonyl (C=O) groups is 1. The maximum absolute atomic E-state index is 13.9. The lowest BCUT2D eigenvalue weighted by Crippen LogP contribution is -2.04. The van der Waals surface area contributed by atoms with Gasteiger partial charge in [0.05, 0.1) is 4.47 Å². The lowest BCUT2D eigenvalue weighted by Gasteiger charge is -2.16. The molecule has 1 atom stereocenters. The molecule has 1 rings (SSSR count). The van der Waals surface area contributed by atoms with Crippen LogP contribution >= 0.6 is 15.9 Å². The van der Waals surface area contributed by atoms with Gasteiger partial charge >= 0.3 is 0 Å². The molecular weight excluding hydrogens is 259 g/mol. The Morgan fingerprint density at radius 2 is 2.13 bits per heavy atom. The third-order valence-electron chi connectivity index (χ3n) is 2.73. The summed E-state index contributed by atoms with van der Waals surface area (Å²) in [6.07, 6.45) is 1.19. The quantitative estimate of drug-likeness (QED) is 0.763. The van der Waals surface area contributed by atoms with E-state index in [0.29, 0.717) is 16.5 Å². The molecule has 0 N–H and O–H groups in total. The molecule has 1 aromatic carbocycles. The lowest BCUT2D eigenvalue weighted by atomic mass is 9.91. The van der Waals surface area contributed by atoms with E-state index in [-0.39, 0.29) is 11.7 Å². The van der Waals surface area contributed by atoms with Crippen molar-refractivity contribution >= 4 is 22.2 Å². The highest BCUT2D eigenvalue weighted by Gasteiger charge is 2.17. The highest BCUT2D eigenvalue weighted by atomic mass is 79.9. The summed E-state index contributed by atoms with van der Waals surface area (Å²) in [5, 5.41) is 0. The van der Waals surface area contributed by atoms with Crippen molar-refractivity contribution in [2.45, 2.75) is 33.1 Å². The van der Waals surface area contributed by atoms with Gasteiger partial charge in [0.2, 0.25) is 0 Å². The molecule has 0 heterocycles. The number of aldehydes is 1. The van der Waals surface area contributed by atoms with Crippen LogP contribution in [0.4, 0.5) is 4.39 Å². The fourth-order valence-electron chi connectivity index (χ4n) is 1.72. The maximum atomic E-state index is 13.9. The highest BCUT2D eigenvalue weighted by Crippen LogP contribution is 2.31. The van der Waals surface area contributed by atoms with E-state index in [1.54, 1.807) is 6.07 Å². The summed E-state index contributed by atoms with van der Waals surface area (Å²) >= 11 is 3.19. The Morgan fingerprint density at radius 3 is 2.67 bits per heavy atom. The number of aryl methyl sites for hydroxylation is 1. The zero-order valence-electron chi connectivity index (χ0n) is 9.10. The Labute approximate surface area is 97.8 Å². The van der Waals surface area contributed by atoms with E-state index in [4.69, 9.17) is 0 Å². The molecule has 82 valence electrons. The summed E-state index contributed by atoms with van der Waals surface area (Å²) in [4.78, 5) is 10.4. The predicted octanol–water partition coefficient (Wildman–Crippen LogP) is 3.90. The second-order valence-electron chi connectivity index (χ2n) is 3.83. The van der Waals surface area contributed by atoms with Gasteiger partial charge in [0.25, 0.3) is 0 Å². The topological polar surface area (TPSA) is 17.1 Å². The second kappa shape index (κ2) is 4.88. The van der Waals surface area contributed by atoms with Gasteiger partial charge in [0.15, 0.2) is 0 Å². The largest absolute Gasteiger partial charge is 0.303 e. The minimum Gasteiger partial charge on any atom is -0.303 e. The minimum atomic E-state index is -0.243. The average molecular weight is 273 g/mol. The van der Waals surface area contributed by atoms with Crippen LogP contribution in [-0.2, 0) is 4.79 Å². The van der Waals surface area contributed by atoms with Crippen LogP contribution in [0.5, 0.6) is 0 Å². The van der Waals surface area contributed by atoms with Gasteiger partial charge in [-0.05, 0) is 58.5 Å². The molecule has 15 heavy (non-hydrogen) atoms. The third-order valence-corrected chi connectivity index (χ3v) is 3.30. The van der Waals surface area contributed by atoms with Crippen molar-refractivity contribution in [2.75, 3.05) is 0 Å². The minimum absolute atomic E-state index is 0.0706. The van der Waals surface area contributed by atoms with Crippen LogP contribution in [0.3, 0.4) is 0 Å². The summed E-state index contributed by atoms with van der Waals surface area (Å²) in [5.74, 6) is -0.314. The normalized spacial score (nSPS) is 12.6. The van der Waals surface area contributed by atoms with Gasteiger partial charge in [-0.25, -0.2) is 4.39 Å². The number of rotatable bonds is 3. The Balaban J connectivity index is 3.31. The van der Waals surface area contributed by atoms with Gasteiger partial charge in [0, 0.05) is 6.42 Å². The van der Waals surface area contributed by atoms with E-state index in [0.717, 1.165) is 17.4 Å². The van der Waals surface area contributed by atoms with Gasteiger partial charge in [0.1, 0.15) is 12.1 Å². The van der Waals surface area contributed by atoms with Crippen LogP contribution in [0, 0.1) is 19.7 Å². The van der Waals surface area contributed by atoms with Crippen molar-refractivity contribution in [3.8, 4) is 0 Å². The van der Waals surface area contributed by atoms with E-state index >= 15 is 0 Å². The fourth-order valence-corrected chi connectivity index (χ4v) is 2.27. The lowest BCUT2D eigenvalue weighted by molar-refractivity contribution is -0.108. The third kappa shape index (κ3) is 2.46. The molecule has 0 radical (unpaired) electrons. The Bertz CT molecular complexity index is 361. The molecule has 0 saturated heterocycles. The average Bonchev–Trinajstić information content (AvgIpc) is 2.16. The number of benzene rings is 1. The van der Waals surface area contributed by atoms with Crippen molar-refractivity contribution < 1.29 is 9.18 Å². The Kier molecular flexibility index (Phi) is 4.03. The first-order valence-corrected chi connectivity index (χ1v) is 5.67. The van der Waals surface area contributed by atoms with E-state index in [9.17, 15) is 9.18 Å². The van der Waals surface area contributed by atoms with Gasteiger partial charge in [-0.3, -0.25) is 0 Å². The molecule has 0 aliphatic heterocycles. The number of hydrogen-bond acceptors (Lipinski definition) is 1. The van der Waals surface area contributed by atoms with Gasteiger partial charge in [-0.2, -0.15) is 0 Å². The first kappa shape index (κ1) is 12.4. The van der Waals surface area contributed by atoms with Crippen molar-refractivity contribution in [3.63, 3.8) is 0 Å². The summed E-state index contributed by atoms with van der Waals surface area (Å²) in [7, 11) is 0. The fraction of sp³-hybridized carbons (Fsp3) is 0.417. The van der Waals surface area contributed by atoms with Gasteiger partial charge in [-0.15, -0.1) is 0 Å². The highest BCUT2D eigenvalue weighted by molar-refractivity contribution is 9.10. The molecule has 3 heteroatoms. The molecule has 1 aromatic rings. The number of hydrogen-bond donors (Lipinski definition) is 0. The molecule has 1 unspecified atom stereocenters. The van der Waals surface area contributed by atoms with Crippen LogP contribution in [0.2, 0.25) is 0 Å². The zero-order valence-corrected chi connectivity index (χ0v) is 10.7. The molecule has 0 bridgehead atoms. The van der Waals surface area contributed by atoms with Crippen LogP contribution < -0.4 is 0 Å². The van der Waals surface area contributed by atoms with Crippen molar-refractivity contribution in [1.82, 2.24) is 0 Å². The summed E-state index contributed by atoms with van der Waals surface area (Å²) < 4.78 is 14.3. The van der Waals surface area contributed by atoms with Crippen LogP contribution in [0.25, 0.3) is 0 Å². The SMILES string of the molecule is Cc1cc(Br)c(F)c(C(C)CC=O)c1C. The standard InChI is InChI=1S/C12H14BrFO/c1-7(4-5-15)11-9(3)8(2)6-10(13)12(11)14/h5-7H,4H2,1-3H3. The molecule has 1 nitrogen and oxygen atoms in total. The van der Waals surface area contributed by atoms with E-state index in [1.165, 1.54) is 0 Å². The molecule has 0 amide bonds. The summed E-state index contributed by atoms with van der Waals surface area (Å²) in [6.45, 7) is 5.70. The first-order valence-electron chi connectivity index (χ1n) is 4.87. The van der Waals surface area contributed by atoms with Crippen molar-refractivity contribution in [2.24, 2.45) is 0 Å².